The normalized spacial score (nSPS) is 12.8. The minimum Gasteiger partial charge on any atom is -0.494 e. The average Bonchev–Trinajstić information content (AvgIpc) is 3.26. The van der Waals surface area contributed by atoms with Crippen molar-refractivity contribution in [1.29, 1.82) is 0 Å². The van der Waals surface area contributed by atoms with Crippen LogP contribution in [0.5, 0.6) is 5.75 Å². The predicted molar refractivity (Wildman–Crippen MR) is 143 cm³/mol. The molecular weight excluding hydrogens is 493 g/mol. The summed E-state index contributed by atoms with van der Waals surface area (Å²) in [7, 11) is 5.06. The molecule has 1 aliphatic rings. The summed E-state index contributed by atoms with van der Waals surface area (Å²) in [5.41, 5.74) is 3.15. The standard InChI is InChI=1S/C26H28FN7O4/c1-28-8-9-32(2)20-13-23(37-3)18(12-21(20)34(35)36)30-26-29-14-17(27)25(31-26)24-16-6-4-5-7-19(16)33-10-11-38-15-22(24)33/h4-7,12-14,28H,8-11,15H2,1-3H3,(H,29,30,31). The van der Waals surface area contributed by atoms with Crippen LogP contribution in [-0.2, 0) is 17.9 Å². The molecule has 0 saturated carbocycles. The number of benzene rings is 2. The van der Waals surface area contributed by atoms with E-state index in [2.05, 4.69) is 25.2 Å². The highest BCUT2D eigenvalue weighted by molar-refractivity contribution is 5.97. The monoisotopic (exact) mass is 521 g/mol. The highest BCUT2D eigenvalue weighted by Crippen LogP contribution is 2.40. The number of nitrogens with one attached hydrogen (secondary N) is 2. The van der Waals surface area contributed by atoms with E-state index in [9.17, 15) is 10.1 Å². The second-order valence-corrected chi connectivity index (χ2v) is 8.88. The number of hydrogen-bond acceptors (Lipinski definition) is 9. The molecule has 12 heteroatoms. The van der Waals surface area contributed by atoms with Crippen molar-refractivity contribution in [2.45, 2.75) is 13.2 Å². The first-order valence-corrected chi connectivity index (χ1v) is 12.1. The van der Waals surface area contributed by atoms with Crippen molar-refractivity contribution in [2.75, 3.05) is 51.1 Å². The van der Waals surface area contributed by atoms with Gasteiger partial charge in [0, 0.05) is 55.3 Å². The smallest absolute Gasteiger partial charge is 0.294 e. The molecule has 0 unspecified atom stereocenters. The molecule has 0 fully saturated rings. The van der Waals surface area contributed by atoms with Crippen molar-refractivity contribution in [3.8, 4) is 17.0 Å². The number of hydrogen-bond donors (Lipinski definition) is 2. The minimum absolute atomic E-state index is 0.0750. The molecule has 11 nitrogen and oxygen atoms in total. The summed E-state index contributed by atoms with van der Waals surface area (Å²) in [4.78, 5) is 21.9. The van der Waals surface area contributed by atoms with Gasteiger partial charge in [-0.05, 0) is 13.1 Å². The number of fused-ring (bicyclic) bond motifs is 3. The van der Waals surface area contributed by atoms with Gasteiger partial charge in [0.25, 0.3) is 5.69 Å². The molecule has 198 valence electrons. The van der Waals surface area contributed by atoms with Crippen LogP contribution in [0.25, 0.3) is 22.2 Å². The zero-order chi connectivity index (χ0) is 26.8. The number of halogens is 1. The molecule has 38 heavy (non-hydrogen) atoms. The number of anilines is 3. The van der Waals surface area contributed by atoms with Crippen molar-refractivity contribution < 1.29 is 18.8 Å². The Hall–Kier alpha value is -4.29. The van der Waals surface area contributed by atoms with E-state index < -0.39 is 10.7 Å². The summed E-state index contributed by atoms with van der Waals surface area (Å²) in [5, 5.41) is 18.8. The van der Waals surface area contributed by atoms with Crippen molar-refractivity contribution in [3.05, 3.63) is 64.2 Å². The lowest BCUT2D eigenvalue weighted by Gasteiger charge is -2.21. The second kappa shape index (κ2) is 10.6. The molecular formula is C26H28FN7O4. The third-order valence-corrected chi connectivity index (χ3v) is 6.61. The van der Waals surface area contributed by atoms with Gasteiger partial charge in [-0.25, -0.2) is 14.4 Å². The van der Waals surface area contributed by atoms with Crippen LogP contribution in [0.3, 0.4) is 0 Å². The third kappa shape index (κ3) is 4.59. The van der Waals surface area contributed by atoms with E-state index in [-0.39, 0.29) is 23.0 Å². The van der Waals surface area contributed by atoms with Gasteiger partial charge >= 0.3 is 0 Å². The first-order valence-electron chi connectivity index (χ1n) is 12.1. The van der Waals surface area contributed by atoms with Gasteiger partial charge in [0.15, 0.2) is 5.82 Å². The molecule has 2 aromatic heterocycles. The van der Waals surface area contributed by atoms with Gasteiger partial charge in [0.2, 0.25) is 5.95 Å². The molecule has 3 heterocycles. The number of likely N-dealkylation sites (N-methyl/N-ethyl adjacent to an activating group) is 2. The number of ether oxygens (including phenoxy) is 2. The Kier molecular flexibility index (Phi) is 7.07. The van der Waals surface area contributed by atoms with E-state index in [1.807, 2.05) is 31.3 Å². The molecule has 1 aliphatic heterocycles. The molecule has 0 saturated heterocycles. The number of nitro benzene ring substituents is 1. The zero-order valence-corrected chi connectivity index (χ0v) is 21.3. The quantitative estimate of drug-likeness (QED) is 0.248. The summed E-state index contributed by atoms with van der Waals surface area (Å²) in [6.45, 7) is 2.76. The molecule has 0 aliphatic carbocycles. The maximum absolute atomic E-state index is 15.2. The van der Waals surface area contributed by atoms with Crippen LogP contribution in [0.4, 0.5) is 27.4 Å². The largest absolute Gasteiger partial charge is 0.494 e. The Morgan fingerprint density at radius 2 is 2.13 bits per heavy atom. The topological polar surface area (TPSA) is 120 Å². The van der Waals surface area contributed by atoms with Crippen LogP contribution < -0.4 is 20.3 Å². The average molecular weight is 522 g/mol. The fraction of sp³-hybridized carbons (Fsp3) is 0.308. The minimum atomic E-state index is -0.584. The Bertz CT molecular complexity index is 1510. The summed E-state index contributed by atoms with van der Waals surface area (Å²) in [6, 6.07) is 10.7. The van der Waals surface area contributed by atoms with E-state index in [4.69, 9.17) is 9.47 Å². The Morgan fingerprint density at radius 1 is 1.32 bits per heavy atom. The van der Waals surface area contributed by atoms with E-state index >= 15 is 4.39 Å². The van der Waals surface area contributed by atoms with Gasteiger partial charge in [-0.15, -0.1) is 0 Å². The van der Waals surface area contributed by atoms with Crippen LogP contribution in [0, 0.1) is 15.9 Å². The van der Waals surface area contributed by atoms with E-state index in [1.165, 1.54) is 13.2 Å². The molecule has 0 radical (unpaired) electrons. The van der Waals surface area contributed by atoms with Gasteiger partial charge in [-0.1, -0.05) is 18.2 Å². The molecule has 0 atom stereocenters. The fourth-order valence-corrected chi connectivity index (χ4v) is 4.75. The highest BCUT2D eigenvalue weighted by atomic mass is 19.1. The summed E-state index contributed by atoms with van der Waals surface area (Å²) >= 11 is 0. The first kappa shape index (κ1) is 25.4. The lowest BCUT2D eigenvalue weighted by Crippen LogP contribution is -2.27. The first-order chi connectivity index (χ1) is 18.4. The number of methoxy groups -OCH3 is 1. The molecule has 0 spiro atoms. The van der Waals surface area contributed by atoms with Crippen molar-refractivity contribution in [1.82, 2.24) is 19.9 Å². The molecule has 0 bridgehead atoms. The molecule has 2 aromatic carbocycles. The van der Waals surface area contributed by atoms with Crippen LogP contribution in [0.1, 0.15) is 5.69 Å². The summed E-state index contributed by atoms with van der Waals surface area (Å²) in [6.07, 6.45) is 1.09. The molecule has 5 rings (SSSR count). The van der Waals surface area contributed by atoms with Crippen molar-refractivity contribution in [2.24, 2.45) is 0 Å². The van der Waals surface area contributed by atoms with Gasteiger partial charge in [0.05, 0.1) is 42.8 Å². The van der Waals surface area contributed by atoms with E-state index in [0.29, 0.717) is 49.8 Å². The Balaban J connectivity index is 1.57. The lowest BCUT2D eigenvalue weighted by molar-refractivity contribution is -0.384. The lowest BCUT2D eigenvalue weighted by atomic mass is 10.1. The van der Waals surface area contributed by atoms with Gasteiger partial charge in [-0.2, -0.15) is 0 Å². The van der Waals surface area contributed by atoms with Gasteiger partial charge in [0.1, 0.15) is 17.1 Å². The van der Waals surface area contributed by atoms with Gasteiger partial charge in [-0.3, -0.25) is 10.1 Å². The zero-order valence-electron chi connectivity index (χ0n) is 21.3. The molecule has 2 N–H and O–H groups in total. The van der Waals surface area contributed by atoms with Crippen molar-refractivity contribution >= 4 is 33.9 Å². The number of nitrogens with zero attached hydrogens (tertiary/aromatic N) is 5. The summed E-state index contributed by atoms with van der Waals surface area (Å²) < 4.78 is 28.5. The number of aromatic nitrogens is 3. The van der Waals surface area contributed by atoms with Crippen LogP contribution in [0.15, 0.2) is 42.6 Å². The number of nitro groups is 1. The predicted octanol–water partition coefficient (Wildman–Crippen LogP) is 4.08. The SMILES string of the molecule is CNCCN(C)c1cc(OC)c(Nc2ncc(F)c(-c3c4n(c5ccccc35)CCOC4)n2)cc1[N+](=O)[O-]. The highest BCUT2D eigenvalue weighted by Gasteiger charge is 2.26. The van der Waals surface area contributed by atoms with E-state index in [0.717, 1.165) is 22.8 Å². The van der Waals surface area contributed by atoms with Crippen molar-refractivity contribution in [3.63, 3.8) is 0 Å². The number of rotatable bonds is 9. The van der Waals surface area contributed by atoms with Crippen LogP contribution >= 0.6 is 0 Å². The second-order valence-electron chi connectivity index (χ2n) is 8.88. The van der Waals surface area contributed by atoms with Gasteiger partial charge < -0.3 is 29.6 Å². The summed E-state index contributed by atoms with van der Waals surface area (Å²) in [5.74, 6) is -0.151. The maximum Gasteiger partial charge on any atom is 0.294 e. The maximum atomic E-state index is 15.2. The third-order valence-electron chi connectivity index (χ3n) is 6.61. The molecule has 0 amide bonds. The van der Waals surface area contributed by atoms with Crippen LogP contribution in [0.2, 0.25) is 0 Å². The Morgan fingerprint density at radius 3 is 2.89 bits per heavy atom. The Labute approximate surface area is 218 Å². The fourth-order valence-electron chi connectivity index (χ4n) is 4.75. The van der Waals surface area contributed by atoms with Crippen LogP contribution in [-0.4, -0.2) is 60.4 Å². The molecule has 4 aromatic rings. The number of para-hydroxylation sites is 1. The van der Waals surface area contributed by atoms with E-state index in [1.54, 1.807) is 18.0 Å².